The fraction of sp³-hybridized carbons (Fsp3) is 0.357. The van der Waals surface area contributed by atoms with Crippen molar-refractivity contribution in [3.63, 3.8) is 0 Å². The maximum Gasteiger partial charge on any atom is 0.131 e. The predicted octanol–water partition coefficient (Wildman–Crippen LogP) is 8.13. The van der Waals surface area contributed by atoms with Gasteiger partial charge in [-0.3, -0.25) is 0 Å². The van der Waals surface area contributed by atoms with Gasteiger partial charge < -0.3 is 4.98 Å². The van der Waals surface area contributed by atoms with Crippen molar-refractivity contribution in [2.75, 3.05) is 0 Å². The van der Waals surface area contributed by atoms with Gasteiger partial charge in [0.25, 0.3) is 0 Å². The van der Waals surface area contributed by atoms with E-state index in [1.54, 1.807) is 0 Å². The van der Waals surface area contributed by atoms with Gasteiger partial charge in [-0.25, -0.2) is 0 Å². The molecule has 0 saturated heterocycles. The molecule has 0 aliphatic heterocycles. The molecule has 1 N–H and O–H groups in total. The van der Waals surface area contributed by atoms with E-state index in [0.717, 1.165) is 0 Å². The molecule has 160 valence electrons. The van der Waals surface area contributed by atoms with Crippen LogP contribution in [0.4, 0.5) is 0 Å². The molecule has 0 fully saturated rings. The van der Waals surface area contributed by atoms with E-state index in [4.69, 9.17) is 0 Å². The number of rotatable bonds is 4. The number of hydrogen-bond acceptors (Lipinski definition) is 1. The first-order chi connectivity index (χ1) is 14.1. The highest BCUT2D eigenvalue weighted by molar-refractivity contribution is 6.77. The summed E-state index contributed by atoms with van der Waals surface area (Å²) in [5.41, 5.74) is 7.77. The highest BCUT2D eigenvalue weighted by Gasteiger charge is 2.40. The molecule has 1 nitrogen and oxygen atoms in total. The van der Waals surface area contributed by atoms with Gasteiger partial charge in [-0.05, 0) is 63.8 Å². The first-order valence-electron chi connectivity index (χ1n) is 11.0. The first-order valence-corrected chi connectivity index (χ1v) is 14.1. The van der Waals surface area contributed by atoms with Crippen LogP contribution in [0.1, 0.15) is 58.2 Å². The van der Waals surface area contributed by atoms with Crippen LogP contribution < -0.4 is 4.98 Å². The maximum atomic E-state index is 3.97. The van der Waals surface area contributed by atoms with Crippen molar-refractivity contribution < 1.29 is 0 Å². The monoisotopic (exact) mass is 417 g/mol. The second kappa shape index (κ2) is 10.2. The summed E-state index contributed by atoms with van der Waals surface area (Å²) in [7, 11) is -1.66. The zero-order valence-corrected chi connectivity index (χ0v) is 21.1. The van der Waals surface area contributed by atoms with Crippen molar-refractivity contribution in [3.8, 4) is 11.1 Å². The lowest BCUT2D eigenvalue weighted by Gasteiger charge is -2.39. The molecule has 0 radical (unpaired) electrons. The van der Waals surface area contributed by atoms with Crippen LogP contribution in [0.5, 0.6) is 0 Å². The molecule has 1 aliphatic rings. The van der Waals surface area contributed by atoms with Crippen molar-refractivity contribution in [1.82, 2.24) is 4.98 Å². The van der Waals surface area contributed by atoms with E-state index in [9.17, 15) is 0 Å². The lowest BCUT2D eigenvalue weighted by atomic mass is 9.97. The second-order valence-corrected chi connectivity index (χ2v) is 13.9. The minimum atomic E-state index is -1.66. The van der Waals surface area contributed by atoms with Crippen molar-refractivity contribution in [1.29, 1.82) is 0 Å². The average Bonchev–Trinajstić information content (AvgIpc) is 3.02. The fourth-order valence-corrected chi connectivity index (χ4v) is 8.97. The smallest absolute Gasteiger partial charge is 0.131 e. The Bertz CT molecular complexity index is 901. The van der Waals surface area contributed by atoms with Crippen molar-refractivity contribution >= 4 is 14.3 Å². The number of allylic oxidation sites excluding steroid dienone is 5. The summed E-state index contributed by atoms with van der Waals surface area (Å²) in [5.74, 6) is 0. The zero-order valence-electron chi connectivity index (χ0n) is 20.1. The predicted molar refractivity (Wildman–Crippen MR) is 138 cm³/mol. The largest absolute Gasteiger partial charge is 0.332 e. The van der Waals surface area contributed by atoms with E-state index in [-0.39, 0.29) is 5.54 Å². The summed E-state index contributed by atoms with van der Waals surface area (Å²) in [6.45, 7) is 18.1. The standard InChI is InChI=1S/C22H29NSi.C6H10/c1-16-15-20-18(17-11-8-7-9-12-17)13-10-14-19(20)21(16)24(5,6)23-22(2,3)4;1-3-5-6-4-2/h7-15,21,23H,1-6H3;3-6H,1-2H3/b;5-3+,6-4+. The Morgan fingerprint density at radius 3 is 2.00 bits per heavy atom. The molecular weight excluding hydrogens is 378 g/mol. The normalized spacial score (nSPS) is 16.4. The topological polar surface area (TPSA) is 12.0 Å². The van der Waals surface area contributed by atoms with Gasteiger partial charge in [0.15, 0.2) is 0 Å². The molecule has 2 aromatic rings. The quantitative estimate of drug-likeness (QED) is 0.391. The van der Waals surface area contributed by atoms with Crippen molar-refractivity contribution in [3.05, 3.63) is 89.5 Å². The highest BCUT2D eigenvalue weighted by atomic mass is 28.3. The van der Waals surface area contributed by atoms with E-state index in [0.29, 0.717) is 5.54 Å². The molecule has 0 spiro atoms. The van der Waals surface area contributed by atoms with Crippen LogP contribution in [-0.4, -0.2) is 13.8 Å². The molecule has 0 bridgehead atoms. The molecule has 0 saturated carbocycles. The summed E-state index contributed by atoms with van der Waals surface area (Å²) >= 11 is 0. The SMILES string of the molecule is C/C=C/C=C/C.CC1=Cc2c(-c3ccccc3)cccc2C1[Si](C)(C)NC(C)(C)C. The van der Waals surface area contributed by atoms with Gasteiger partial charge in [-0.15, -0.1) is 0 Å². The number of nitrogens with one attached hydrogen (secondary N) is 1. The summed E-state index contributed by atoms with van der Waals surface area (Å²) in [6.07, 6.45) is 10.4. The van der Waals surface area contributed by atoms with E-state index in [1.807, 2.05) is 38.2 Å². The third-order valence-corrected chi connectivity index (χ3v) is 8.88. The van der Waals surface area contributed by atoms with Crippen LogP contribution in [0.25, 0.3) is 17.2 Å². The third-order valence-electron chi connectivity index (χ3n) is 5.28. The van der Waals surface area contributed by atoms with Crippen LogP contribution in [0.3, 0.4) is 0 Å². The summed E-state index contributed by atoms with van der Waals surface area (Å²) in [6, 6.07) is 17.6. The third kappa shape index (κ3) is 6.17. The van der Waals surface area contributed by atoms with Gasteiger partial charge in [-0.2, -0.15) is 0 Å². The number of fused-ring (bicyclic) bond motifs is 1. The molecule has 0 aromatic heterocycles. The minimum absolute atomic E-state index is 0.149. The lowest BCUT2D eigenvalue weighted by molar-refractivity contribution is 0.508. The average molecular weight is 418 g/mol. The Hall–Kier alpha value is -2.16. The Morgan fingerprint density at radius 1 is 0.867 bits per heavy atom. The van der Waals surface area contributed by atoms with Gasteiger partial charge in [0.05, 0.1) is 0 Å². The Balaban J connectivity index is 0.000000469. The van der Waals surface area contributed by atoms with E-state index >= 15 is 0 Å². The van der Waals surface area contributed by atoms with E-state index in [2.05, 4.69) is 100 Å². The Kier molecular flexibility index (Phi) is 8.23. The Morgan fingerprint density at radius 2 is 1.47 bits per heavy atom. The Labute approximate surface area is 185 Å². The molecule has 1 atom stereocenters. The number of hydrogen-bond donors (Lipinski definition) is 1. The molecule has 1 unspecified atom stereocenters. The van der Waals surface area contributed by atoms with Gasteiger partial charge in [0.2, 0.25) is 0 Å². The van der Waals surface area contributed by atoms with Crippen molar-refractivity contribution in [2.45, 2.75) is 65.7 Å². The van der Waals surface area contributed by atoms with Gasteiger partial charge in [0.1, 0.15) is 8.24 Å². The van der Waals surface area contributed by atoms with Crippen LogP contribution >= 0.6 is 0 Å². The molecule has 2 heteroatoms. The van der Waals surface area contributed by atoms with E-state index < -0.39 is 8.24 Å². The molecule has 2 aromatic carbocycles. The van der Waals surface area contributed by atoms with Gasteiger partial charge >= 0.3 is 0 Å². The molecule has 3 rings (SSSR count). The lowest BCUT2D eigenvalue weighted by Crippen LogP contribution is -2.58. The van der Waals surface area contributed by atoms with Crippen molar-refractivity contribution in [2.24, 2.45) is 0 Å². The molecule has 1 aliphatic carbocycles. The molecular formula is C28H39NSi. The molecule has 0 amide bonds. The molecule has 30 heavy (non-hydrogen) atoms. The highest BCUT2D eigenvalue weighted by Crippen LogP contribution is 2.44. The van der Waals surface area contributed by atoms with Crippen LogP contribution in [-0.2, 0) is 0 Å². The minimum Gasteiger partial charge on any atom is -0.332 e. The summed E-state index contributed by atoms with van der Waals surface area (Å²) in [5, 5.41) is 0. The summed E-state index contributed by atoms with van der Waals surface area (Å²) < 4.78 is 0. The molecule has 0 heterocycles. The zero-order chi connectivity index (χ0) is 22.4. The first kappa shape index (κ1) is 24.1. The summed E-state index contributed by atoms with van der Waals surface area (Å²) in [4.78, 5) is 3.97. The van der Waals surface area contributed by atoms with Crippen LogP contribution in [0, 0.1) is 0 Å². The number of benzene rings is 2. The maximum absolute atomic E-state index is 3.97. The second-order valence-electron chi connectivity index (χ2n) is 9.64. The van der Waals surface area contributed by atoms with E-state index in [1.165, 1.54) is 27.8 Å². The van der Waals surface area contributed by atoms with Crippen LogP contribution in [0.15, 0.2) is 78.4 Å². The van der Waals surface area contributed by atoms with Gasteiger partial charge in [0, 0.05) is 11.1 Å². The van der Waals surface area contributed by atoms with Gasteiger partial charge in [-0.1, -0.05) is 97.6 Å². The van der Waals surface area contributed by atoms with Crippen LogP contribution in [0.2, 0.25) is 13.1 Å². The fourth-order valence-electron chi connectivity index (χ4n) is 4.64.